The molecule has 0 aliphatic carbocycles. The summed E-state index contributed by atoms with van der Waals surface area (Å²) in [5.74, 6) is 0.483. The zero-order valence-electron chi connectivity index (χ0n) is 11.3. The van der Waals surface area contributed by atoms with Gasteiger partial charge in [-0.05, 0) is 31.6 Å². The first kappa shape index (κ1) is 15.4. The Kier molecular flexibility index (Phi) is 5.53. The fraction of sp³-hybridized carbons (Fsp3) is 0.846. The highest BCUT2D eigenvalue weighted by Crippen LogP contribution is 2.32. The van der Waals surface area contributed by atoms with Crippen molar-refractivity contribution in [2.45, 2.75) is 39.5 Å². The van der Waals surface area contributed by atoms with Gasteiger partial charge in [-0.25, -0.2) is 0 Å². The number of likely N-dealkylation sites (tertiary alicyclic amines) is 1. The molecule has 0 bridgehead atoms. The van der Waals surface area contributed by atoms with E-state index in [9.17, 15) is 4.79 Å². The number of hydrogen-bond acceptors (Lipinski definition) is 3. The summed E-state index contributed by atoms with van der Waals surface area (Å²) >= 11 is 5.11. The van der Waals surface area contributed by atoms with Crippen LogP contribution in [0.5, 0.6) is 0 Å². The van der Waals surface area contributed by atoms with Gasteiger partial charge >= 0.3 is 0 Å². The first-order valence-corrected chi connectivity index (χ1v) is 7.12. The molecule has 5 heteroatoms. The van der Waals surface area contributed by atoms with Crippen molar-refractivity contribution in [3.05, 3.63) is 0 Å². The van der Waals surface area contributed by atoms with Crippen LogP contribution < -0.4 is 5.73 Å². The summed E-state index contributed by atoms with van der Waals surface area (Å²) in [7, 11) is 0. The van der Waals surface area contributed by atoms with Gasteiger partial charge in [0.15, 0.2) is 0 Å². The molecular formula is C13H24N2O2S. The average Bonchev–Trinajstić information content (AvgIpc) is 2.80. The zero-order chi connectivity index (χ0) is 13.8. The highest BCUT2D eigenvalue weighted by Gasteiger charge is 2.42. The van der Waals surface area contributed by atoms with Gasteiger partial charge < -0.3 is 15.7 Å². The molecule has 1 rings (SSSR count). The van der Waals surface area contributed by atoms with Crippen LogP contribution in [0, 0.1) is 11.3 Å². The molecule has 1 heterocycles. The van der Waals surface area contributed by atoms with Crippen LogP contribution in [0.3, 0.4) is 0 Å². The standard InChI is InChI=1S/C13H24N2O2S/c1-3-13(4-2,11(14)18)12(17)15-7-5-10(9-15)6-8-16/h10,16H,3-9H2,1-2H3,(H2,14,18). The summed E-state index contributed by atoms with van der Waals surface area (Å²) in [4.78, 5) is 14.8. The van der Waals surface area contributed by atoms with E-state index in [0.29, 0.717) is 23.7 Å². The monoisotopic (exact) mass is 272 g/mol. The van der Waals surface area contributed by atoms with Crippen molar-refractivity contribution in [1.29, 1.82) is 0 Å². The van der Waals surface area contributed by atoms with Gasteiger partial charge in [-0.15, -0.1) is 0 Å². The van der Waals surface area contributed by atoms with Crippen molar-refractivity contribution in [3.63, 3.8) is 0 Å². The Hall–Kier alpha value is -0.680. The minimum atomic E-state index is -0.677. The predicted octanol–water partition coefficient (Wildman–Crippen LogP) is 1.31. The van der Waals surface area contributed by atoms with E-state index in [-0.39, 0.29) is 12.5 Å². The third-order valence-electron chi connectivity index (χ3n) is 4.20. The topological polar surface area (TPSA) is 66.6 Å². The maximum atomic E-state index is 12.6. The largest absolute Gasteiger partial charge is 0.396 e. The Bertz CT molecular complexity index is 316. The average molecular weight is 272 g/mol. The van der Waals surface area contributed by atoms with E-state index >= 15 is 0 Å². The number of aliphatic hydroxyl groups is 1. The Morgan fingerprint density at radius 1 is 1.50 bits per heavy atom. The lowest BCUT2D eigenvalue weighted by Crippen LogP contribution is -2.49. The summed E-state index contributed by atoms with van der Waals surface area (Å²) < 4.78 is 0. The normalized spacial score (nSPS) is 20.2. The van der Waals surface area contributed by atoms with Crippen LogP contribution in [0.25, 0.3) is 0 Å². The lowest BCUT2D eigenvalue weighted by atomic mass is 9.80. The maximum Gasteiger partial charge on any atom is 0.235 e. The molecule has 1 atom stereocenters. The van der Waals surface area contributed by atoms with Crippen molar-refractivity contribution >= 4 is 23.1 Å². The van der Waals surface area contributed by atoms with Crippen LogP contribution in [-0.4, -0.2) is 40.6 Å². The maximum absolute atomic E-state index is 12.6. The number of thiocarbonyl (C=S) groups is 1. The van der Waals surface area contributed by atoms with Gasteiger partial charge in [0.05, 0.1) is 10.4 Å². The molecule has 4 nitrogen and oxygen atoms in total. The molecule has 1 saturated heterocycles. The molecule has 3 N–H and O–H groups in total. The van der Waals surface area contributed by atoms with Gasteiger partial charge in [0.25, 0.3) is 0 Å². The molecule has 18 heavy (non-hydrogen) atoms. The smallest absolute Gasteiger partial charge is 0.235 e. The summed E-state index contributed by atoms with van der Waals surface area (Å²) in [6.07, 6.45) is 3.03. The quantitative estimate of drug-likeness (QED) is 0.716. The third kappa shape index (κ3) is 2.83. The van der Waals surface area contributed by atoms with Crippen LogP contribution in [0.15, 0.2) is 0 Å². The fourth-order valence-electron chi connectivity index (χ4n) is 2.74. The summed E-state index contributed by atoms with van der Waals surface area (Å²) in [6, 6.07) is 0. The molecule has 1 amide bonds. The molecule has 0 spiro atoms. The predicted molar refractivity (Wildman–Crippen MR) is 76.2 cm³/mol. The lowest BCUT2D eigenvalue weighted by molar-refractivity contribution is -0.137. The van der Waals surface area contributed by atoms with Gasteiger partial charge in [0.1, 0.15) is 0 Å². The van der Waals surface area contributed by atoms with Crippen LogP contribution in [0.1, 0.15) is 39.5 Å². The van der Waals surface area contributed by atoms with Crippen LogP contribution in [-0.2, 0) is 4.79 Å². The van der Waals surface area contributed by atoms with E-state index in [2.05, 4.69) is 0 Å². The van der Waals surface area contributed by atoms with E-state index in [4.69, 9.17) is 23.1 Å². The molecule has 0 radical (unpaired) electrons. The van der Waals surface area contributed by atoms with E-state index in [0.717, 1.165) is 25.9 Å². The van der Waals surface area contributed by atoms with Crippen molar-refractivity contribution in [3.8, 4) is 0 Å². The van der Waals surface area contributed by atoms with Gasteiger partial charge in [-0.3, -0.25) is 4.79 Å². The van der Waals surface area contributed by atoms with Gasteiger partial charge in [-0.2, -0.15) is 0 Å². The number of hydrogen-bond donors (Lipinski definition) is 2. The molecule has 104 valence electrons. The first-order chi connectivity index (χ1) is 8.51. The van der Waals surface area contributed by atoms with Crippen molar-refractivity contribution < 1.29 is 9.90 Å². The zero-order valence-corrected chi connectivity index (χ0v) is 12.1. The molecule has 1 fully saturated rings. The number of nitrogens with zero attached hydrogens (tertiary/aromatic N) is 1. The van der Waals surface area contributed by atoms with E-state index in [1.807, 2.05) is 18.7 Å². The van der Waals surface area contributed by atoms with Crippen molar-refractivity contribution in [1.82, 2.24) is 4.90 Å². The minimum Gasteiger partial charge on any atom is -0.396 e. The van der Waals surface area contributed by atoms with E-state index in [1.165, 1.54) is 0 Å². The molecule has 0 aromatic heterocycles. The lowest BCUT2D eigenvalue weighted by Gasteiger charge is -2.33. The second kappa shape index (κ2) is 6.48. The van der Waals surface area contributed by atoms with Gasteiger partial charge in [0, 0.05) is 19.7 Å². The summed E-state index contributed by atoms with van der Waals surface area (Å²) in [5.41, 5.74) is 5.12. The molecule has 1 aliphatic rings. The Labute approximate surface area is 115 Å². The molecule has 0 aromatic carbocycles. The second-order valence-electron chi connectivity index (χ2n) is 5.07. The Morgan fingerprint density at radius 2 is 2.11 bits per heavy atom. The molecule has 1 aliphatic heterocycles. The highest BCUT2D eigenvalue weighted by molar-refractivity contribution is 7.80. The molecule has 0 aromatic rings. The molecule has 1 unspecified atom stereocenters. The number of nitrogens with two attached hydrogens (primary N) is 1. The van der Waals surface area contributed by atoms with Crippen molar-refractivity contribution in [2.24, 2.45) is 17.1 Å². The van der Waals surface area contributed by atoms with E-state index in [1.54, 1.807) is 0 Å². The summed E-state index contributed by atoms with van der Waals surface area (Å²) in [6.45, 7) is 5.59. The molecular weight excluding hydrogens is 248 g/mol. The Morgan fingerprint density at radius 3 is 2.56 bits per heavy atom. The second-order valence-corrected chi connectivity index (χ2v) is 5.51. The SMILES string of the molecule is CCC(CC)(C(=O)N1CCC(CCO)C1)C(N)=S. The van der Waals surface area contributed by atoms with Crippen LogP contribution in [0.4, 0.5) is 0 Å². The highest BCUT2D eigenvalue weighted by atomic mass is 32.1. The first-order valence-electron chi connectivity index (χ1n) is 6.72. The minimum absolute atomic E-state index is 0.0699. The molecule has 0 saturated carbocycles. The number of amides is 1. The number of carbonyl (C=O) groups is 1. The Balaban J connectivity index is 2.77. The summed E-state index contributed by atoms with van der Waals surface area (Å²) in [5, 5.41) is 8.95. The van der Waals surface area contributed by atoms with Gasteiger partial charge in [0.2, 0.25) is 5.91 Å². The number of rotatable bonds is 6. The van der Waals surface area contributed by atoms with Crippen LogP contribution in [0.2, 0.25) is 0 Å². The third-order valence-corrected chi connectivity index (χ3v) is 4.59. The van der Waals surface area contributed by atoms with Crippen LogP contribution >= 0.6 is 12.2 Å². The number of carbonyl (C=O) groups excluding carboxylic acids is 1. The van der Waals surface area contributed by atoms with Gasteiger partial charge in [-0.1, -0.05) is 26.1 Å². The van der Waals surface area contributed by atoms with E-state index < -0.39 is 5.41 Å². The fourth-order valence-corrected chi connectivity index (χ4v) is 3.12. The number of aliphatic hydroxyl groups excluding tert-OH is 1. The van der Waals surface area contributed by atoms with Crippen molar-refractivity contribution in [2.75, 3.05) is 19.7 Å².